The van der Waals surface area contributed by atoms with Crippen LogP contribution < -0.4 is 0 Å². The Morgan fingerprint density at radius 2 is 1.92 bits per heavy atom. The summed E-state index contributed by atoms with van der Waals surface area (Å²) in [5.41, 5.74) is 0.952. The summed E-state index contributed by atoms with van der Waals surface area (Å²) in [5, 5.41) is 22.0. The summed E-state index contributed by atoms with van der Waals surface area (Å²) in [6, 6.07) is 12.7. The third kappa shape index (κ3) is 3.95. The van der Waals surface area contributed by atoms with Crippen LogP contribution in [0.5, 0.6) is 0 Å². The monoisotopic (exact) mass is 348 g/mol. The van der Waals surface area contributed by atoms with Gasteiger partial charge in [0, 0.05) is 11.3 Å². The SMILES string of the molecule is O[C@@H](CSc1nnnn1Cc1ccccc1)c1cc(F)ccc1F. The van der Waals surface area contributed by atoms with Gasteiger partial charge in [-0.15, -0.1) is 5.10 Å². The maximum atomic E-state index is 13.7. The van der Waals surface area contributed by atoms with Crippen molar-refractivity contribution in [1.82, 2.24) is 20.2 Å². The van der Waals surface area contributed by atoms with Gasteiger partial charge in [-0.3, -0.25) is 0 Å². The second-order valence-electron chi connectivity index (χ2n) is 5.10. The molecule has 8 heteroatoms. The molecule has 0 fully saturated rings. The summed E-state index contributed by atoms with van der Waals surface area (Å²) in [6.07, 6.45) is -1.16. The number of benzene rings is 2. The average molecular weight is 348 g/mol. The minimum Gasteiger partial charge on any atom is -0.387 e. The highest BCUT2D eigenvalue weighted by atomic mass is 32.2. The Bertz CT molecular complexity index is 813. The lowest BCUT2D eigenvalue weighted by Crippen LogP contribution is -2.07. The molecule has 0 radical (unpaired) electrons. The van der Waals surface area contributed by atoms with Crippen molar-refractivity contribution >= 4 is 11.8 Å². The summed E-state index contributed by atoms with van der Waals surface area (Å²) in [6.45, 7) is 0.487. The van der Waals surface area contributed by atoms with Crippen LogP contribution in [0, 0.1) is 11.6 Å². The number of halogens is 2. The van der Waals surface area contributed by atoms with Gasteiger partial charge in [-0.05, 0) is 34.2 Å². The summed E-state index contributed by atoms with van der Waals surface area (Å²) < 4.78 is 28.5. The van der Waals surface area contributed by atoms with Gasteiger partial charge in [0.05, 0.1) is 12.6 Å². The number of aromatic nitrogens is 4. The molecule has 0 amide bonds. The van der Waals surface area contributed by atoms with Crippen molar-refractivity contribution < 1.29 is 13.9 Å². The van der Waals surface area contributed by atoms with Gasteiger partial charge in [-0.2, -0.15) is 0 Å². The molecule has 3 rings (SSSR count). The molecule has 1 N–H and O–H groups in total. The van der Waals surface area contributed by atoms with Crippen molar-refractivity contribution in [3.05, 3.63) is 71.3 Å². The van der Waals surface area contributed by atoms with E-state index in [1.807, 2.05) is 30.3 Å². The minimum atomic E-state index is -1.16. The number of hydrogen-bond acceptors (Lipinski definition) is 5. The highest BCUT2D eigenvalue weighted by Gasteiger charge is 2.16. The molecule has 1 heterocycles. The molecule has 5 nitrogen and oxygen atoms in total. The molecular formula is C16H14F2N4OS. The number of thioether (sulfide) groups is 1. The average Bonchev–Trinajstić information content (AvgIpc) is 3.03. The van der Waals surface area contributed by atoms with Gasteiger partial charge >= 0.3 is 0 Å². The molecule has 0 saturated carbocycles. The molecule has 2 aromatic carbocycles. The van der Waals surface area contributed by atoms with Gasteiger partial charge in [-0.1, -0.05) is 42.1 Å². The lowest BCUT2D eigenvalue weighted by atomic mass is 10.1. The number of hydrogen-bond donors (Lipinski definition) is 1. The maximum Gasteiger partial charge on any atom is 0.209 e. The van der Waals surface area contributed by atoms with Crippen molar-refractivity contribution in [3.63, 3.8) is 0 Å². The fraction of sp³-hybridized carbons (Fsp3) is 0.188. The van der Waals surface area contributed by atoms with Crippen molar-refractivity contribution in [1.29, 1.82) is 0 Å². The molecule has 0 unspecified atom stereocenters. The highest BCUT2D eigenvalue weighted by molar-refractivity contribution is 7.99. The van der Waals surface area contributed by atoms with Crippen molar-refractivity contribution in [3.8, 4) is 0 Å². The lowest BCUT2D eigenvalue weighted by Gasteiger charge is -2.11. The van der Waals surface area contributed by atoms with Crippen LogP contribution in [0.3, 0.4) is 0 Å². The number of aliphatic hydroxyl groups is 1. The lowest BCUT2D eigenvalue weighted by molar-refractivity contribution is 0.198. The molecule has 24 heavy (non-hydrogen) atoms. The summed E-state index contributed by atoms with van der Waals surface area (Å²) in [5.74, 6) is -1.13. The third-order valence-electron chi connectivity index (χ3n) is 3.36. The molecule has 0 saturated heterocycles. The van der Waals surface area contributed by atoms with Crippen LogP contribution in [0.1, 0.15) is 17.2 Å². The Morgan fingerprint density at radius 3 is 2.71 bits per heavy atom. The Kier molecular flexibility index (Phi) is 5.17. The molecule has 1 aromatic heterocycles. The second kappa shape index (κ2) is 7.50. The van der Waals surface area contributed by atoms with Gasteiger partial charge < -0.3 is 5.11 Å². The predicted molar refractivity (Wildman–Crippen MR) is 85.4 cm³/mol. The summed E-state index contributed by atoms with van der Waals surface area (Å²) in [4.78, 5) is 0. The smallest absolute Gasteiger partial charge is 0.209 e. The first-order chi connectivity index (χ1) is 11.6. The van der Waals surface area contributed by atoms with E-state index < -0.39 is 17.7 Å². The van der Waals surface area contributed by atoms with Gasteiger partial charge in [0.15, 0.2) is 0 Å². The molecule has 0 aliphatic rings. The quantitative estimate of drug-likeness (QED) is 0.694. The van der Waals surface area contributed by atoms with E-state index in [-0.39, 0.29) is 11.3 Å². The zero-order chi connectivity index (χ0) is 16.9. The van der Waals surface area contributed by atoms with Crippen LogP contribution in [-0.4, -0.2) is 31.1 Å². The summed E-state index contributed by atoms with van der Waals surface area (Å²) in [7, 11) is 0. The van der Waals surface area contributed by atoms with Gasteiger partial charge in [0.1, 0.15) is 11.6 Å². The van der Waals surface area contributed by atoms with Crippen LogP contribution >= 0.6 is 11.8 Å². The minimum absolute atomic E-state index is 0.0791. The largest absolute Gasteiger partial charge is 0.387 e. The molecule has 0 aliphatic carbocycles. The fourth-order valence-corrected chi connectivity index (χ4v) is 3.00. The van der Waals surface area contributed by atoms with Crippen LogP contribution in [0.2, 0.25) is 0 Å². The number of aliphatic hydroxyl groups excluding tert-OH is 1. The van der Waals surface area contributed by atoms with Gasteiger partial charge in [0.2, 0.25) is 5.16 Å². The molecular weight excluding hydrogens is 334 g/mol. The van der Waals surface area contributed by atoms with Gasteiger partial charge in [-0.25, -0.2) is 13.5 Å². The van der Waals surface area contributed by atoms with Crippen LogP contribution in [-0.2, 0) is 6.54 Å². The van der Waals surface area contributed by atoms with Crippen molar-refractivity contribution in [2.75, 3.05) is 5.75 Å². The Morgan fingerprint density at radius 1 is 1.12 bits per heavy atom. The zero-order valence-electron chi connectivity index (χ0n) is 12.5. The van der Waals surface area contributed by atoms with Crippen LogP contribution in [0.15, 0.2) is 53.7 Å². The van der Waals surface area contributed by atoms with E-state index in [0.717, 1.165) is 23.8 Å². The van der Waals surface area contributed by atoms with E-state index in [1.54, 1.807) is 4.68 Å². The molecule has 1 atom stereocenters. The first-order valence-corrected chi connectivity index (χ1v) is 8.18. The van der Waals surface area contributed by atoms with Crippen molar-refractivity contribution in [2.45, 2.75) is 17.8 Å². The standard InChI is InChI=1S/C16H14F2N4OS/c17-12-6-7-14(18)13(8-12)15(23)10-24-16-19-20-21-22(16)9-11-4-2-1-3-5-11/h1-8,15,23H,9-10H2/t15-/m0/s1. The number of rotatable bonds is 6. The topological polar surface area (TPSA) is 63.8 Å². The van der Waals surface area contributed by atoms with E-state index >= 15 is 0 Å². The third-order valence-corrected chi connectivity index (χ3v) is 4.39. The van der Waals surface area contributed by atoms with Crippen molar-refractivity contribution in [2.24, 2.45) is 0 Å². The first-order valence-electron chi connectivity index (χ1n) is 7.19. The molecule has 0 bridgehead atoms. The molecule has 3 aromatic rings. The summed E-state index contributed by atoms with van der Waals surface area (Å²) >= 11 is 1.18. The molecule has 0 aliphatic heterocycles. The fourth-order valence-electron chi connectivity index (χ4n) is 2.17. The first kappa shape index (κ1) is 16.5. The van der Waals surface area contributed by atoms with Crippen LogP contribution in [0.25, 0.3) is 0 Å². The molecule has 124 valence electrons. The molecule has 0 spiro atoms. The highest BCUT2D eigenvalue weighted by Crippen LogP contribution is 2.25. The Labute approximate surface area is 141 Å². The number of nitrogens with zero attached hydrogens (tertiary/aromatic N) is 4. The zero-order valence-corrected chi connectivity index (χ0v) is 13.3. The Balaban J connectivity index is 1.67. The van der Waals surface area contributed by atoms with Crippen LogP contribution in [0.4, 0.5) is 8.78 Å². The maximum absolute atomic E-state index is 13.7. The normalized spacial score (nSPS) is 12.3. The van der Waals surface area contributed by atoms with Gasteiger partial charge in [0.25, 0.3) is 0 Å². The number of tetrazole rings is 1. The second-order valence-corrected chi connectivity index (χ2v) is 6.08. The van der Waals surface area contributed by atoms with E-state index in [2.05, 4.69) is 15.5 Å². The van der Waals surface area contributed by atoms with E-state index in [1.165, 1.54) is 11.8 Å². The Hall–Kier alpha value is -2.32. The predicted octanol–water partition coefficient (Wildman–Crippen LogP) is 2.83. The van der Waals surface area contributed by atoms with E-state index in [4.69, 9.17) is 0 Å². The van der Waals surface area contributed by atoms with E-state index in [9.17, 15) is 13.9 Å². The van der Waals surface area contributed by atoms with E-state index in [0.29, 0.717) is 11.7 Å².